The van der Waals surface area contributed by atoms with Crippen molar-refractivity contribution in [2.45, 2.75) is 12.8 Å². The number of amides is 2. The molecule has 0 atom stereocenters. The standard InChI is InChI=1S/C27H27ClN2O6/c1-33-22-13-18(14-23(16-22)34-2)27(32)29-20-7-10-25-24(15-20)30(26(31)17-36-25)11-3-4-12-35-21-8-5-19(28)6-9-21/h5-10,13-16H,3-4,11-12,17H2,1-2H3,(H,29,32). The van der Waals surface area contributed by atoms with Crippen LogP contribution in [0.15, 0.2) is 60.7 Å². The molecule has 0 saturated carbocycles. The highest BCUT2D eigenvalue weighted by atomic mass is 35.5. The van der Waals surface area contributed by atoms with E-state index in [-0.39, 0.29) is 18.4 Å². The van der Waals surface area contributed by atoms with Crippen molar-refractivity contribution in [2.75, 3.05) is 44.2 Å². The Kier molecular flexibility index (Phi) is 8.17. The van der Waals surface area contributed by atoms with Crippen LogP contribution in [0.4, 0.5) is 11.4 Å². The van der Waals surface area contributed by atoms with Gasteiger partial charge in [-0.1, -0.05) is 11.6 Å². The Labute approximate surface area is 214 Å². The summed E-state index contributed by atoms with van der Waals surface area (Å²) in [5.41, 5.74) is 1.54. The number of methoxy groups -OCH3 is 2. The molecular formula is C27H27ClN2O6. The summed E-state index contributed by atoms with van der Waals surface area (Å²) in [6.45, 7) is 1.00. The third-order valence-corrected chi connectivity index (χ3v) is 5.88. The van der Waals surface area contributed by atoms with Crippen molar-refractivity contribution >= 4 is 34.8 Å². The molecule has 1 aliphatic rings. The molecule has 1 aliphatic heterocycles. The summed E-state index contributed by atoms with van der Waals surface area (Å²) in [6.07, 6.45) is 1.50. The molecule has 0 aromatic heterocycles. The van der Waals surface area contributed by atoms with Gasteiger partial charge in [-0.3, -0.25) is 9.59 Å². The van der Waals surface area contributed by atoms with Gasteiger partial charge in [0.05, 0.1) is 26.5 Å². The highest BCUT2D eigenvalue weighted by Crippen LogP contribution is 2.35. The first kappa shape index (κ1) is 25.2. The minimum atomic E-state index is -0.332. The van der Waals surface area contributed by atoms with Crippen molar-refractivity contribution < 1.29 is 28.5 Å². The van der Waals surface area contributed by atoms with E-state index in [1.165, 1.54) is 14.2 Å². The lowest BCUT2D eigenvalue weighted by Crippen LogP contribution is -2.39. The third-order valence-electron chi connectivity index (χ3n) is 5.63. The molecule has 0 fully saturated rings. The zero-order valence-corrected chi connectivity index (χ0v) is 20.8. The fourth-order valence-electron chi connectivity index (χ4n) is 3.76. The van der Waals surface area contributed by atoms with E-state index in [0.717, 1.165) is 18.6 Å². The fraction of sp³-hybridized carbons (Fsp3) is 0.259. The predicted molar refractivity (Wildman–Crippen MR) is 138 cm³/mol. The smallest absolute Gasteiger partial charge is 0.265 e. The lowest BCUT2D eigenvalue weighted by molar-refractivity contribution is -0.121. The molecule has 188 valence electrons. The van der Waals surface area contributed by atoms with Crippen LogP contribution >= 0.6 is 11.6 Å². The van der Waals surface area contributed by atoms with Gasteiger partial charge >= 0.3 is 0 Å². The minimum absolute atomic E-state index is 0.0242. The van der Waals surface area contributed by atoms with Crippen molar-refractivity contribution in [3.05, 3.63) is 71.2 Å². The maximum absolute atomic E-state index is 12.9. The first-order chi connectivity index (χ1) is 17.5. The van der Waals surface area contributed by atoms with Crippen LogP contribution < -0.4 is 29.2 Å². The summed E-state index contributed by atoms with van der Waals surface area (Å²) in [4.78, 5) is 27.2. The summed E-state index contributed by atoms with van der Waals surface area (Å²) in [6, 6.07) is 17.4. The van der Waals surface area contributed by atoms with Gasteiger partial charge in [0.15, 0.2) is 6.61 Å². The van der Waals surface area contributed by atoms with Crippen LogP contribution in [-0.4, -0.2) is 45.8 Å². The largest absolute Gasteiger partial charge is 0.497 e. The number of carbonyl (C=O) groups excluding carboxylic acids is 2. The zero-order chi connectivity index (χ0) is 25.5. The highest BCUT2D eigenvalue weighted by molar-refractivity contribution is 6.30. The van der Waals surface area contributed by atoms with Crippen LogP contribution in [-0.2, 0) is 4.79 Å². The molecule has 0 unspecified atom stereocenters. The average Bonchev–Trinajstić information content (AvgIpc) is 2.90. The Bertz CT molecular complexity index is 1210. The minimum Gasteiger partial charge on any atom is -0.497 e. The van der Waals surface area contributed by atoms with E-state index in [0.29, 0.717) is 52.4 Å². The molecule has 3 aromatic carbocycles. The van der Waals surface area contributed by atoms with Crippen LogP contribution in [0.3, 0.4) is 0 Å². The van der Waals surface area contributed by atoms with Gasteiger partial charge in [-0.2, -0.15) is 0 Å². The Morgan fingerprint density at radius 2 is 1.69 bits per heavy atom. The maximum Gasteiger partial charge on any atom is 0.265 e. The monoisotopic (exact) mass is 510 g/mol. The molecule has 0 saturated heterocycles. The molecule has 8 nitrogen and oxygen atoms in total. The normalized spacial score (nSPS) is 12.4. The van der Waals surface area contributed by atoms with Crippen molar-refractivity contribution in [2.24, 2.45) is 0 Å². The quantitative estimate of drug-likeness (QED) is 0.377. The number of anilines is 2. The summed E-state index contributed by atoms with van der Waals surface area (Å²) < 4.78 is 21.8. The number of nitrogens with one attached hydrogen (secondary N) is 1. The summed E-state index contributed by atoms with van der Waals surface area (Å²) in [5.74, 6) is 1.89. The van der Waals surface area contributed by atoms with Gasteiger partial charge in [0, 0.05) is 28.9 Å². The molecule has 4 rings (SSSR count). The number of halogens is 1. The molecule has 9 heteroatoms. The summed E-state index contributed by atoms with van der Waals surface area (Å²) in [5, 5.41) is 3.53. The van der Waals surface area contributed by atoms with Crippen molar-refractivity contribution in [1.29, 1.82) is 0 Å². The number of carbonyl (C=O) groups is 2. The number of hydrogen-bond acceptors (Lipinski definition) is 6. The number of benzene rings is 3. The van der Waals surface area contributed by atoms with Crippen molar-refractivity contribution in [1.82, 2.24) is 0 Å². The van der Waals surface area contributed by atoms with Gasteiger partial charge in [-0.15, -0.1) is 0 Å². The zero-order valence-electron chi connectivity index (χ0n) is 20.1. The predicted octanol–water partition coefficient (Wildman–Crippen LogP) is 5.19. The highest BCUT2D eigenvalue weighted by Gasteiger charge is 2.25. The molecule has 1 N–H and O–H groups in total. The third kappa shape index (κ3) is 6.20. The fourth-order valence-corrected chi connectivity index (χ4v) is 3.89. The van der Waals surface area contributed by atoms with E-state index >= 15 is 0 Å². The maximum atomic E-state index is 12.9. The molecule has 0 aliphatic carbocycles. The van der Waals surface area contributed by atoms with Crippen molar-refractivity contribution in [3.63, 3.8) is 0 Å². The SMILES string of the molecule is COc1cc(OC)cc(C(=O)Nc2ccc3c(c2)N(CCCCOc2ccc(Cl)cc2)C(=O)CO3)c1. The Morgan fingerprint density at radius 3 is 2.39 bits per heavy atom. The van der Waals surface area contributed by atoms with Gasteiger partial charge in [0.1, 0.15) is 23.0 Å². The molecule has 36 heavy (non-hydrogen) atoms. The van der Waals surface area contributed by atoms with Crippen molar-refractivity contribution in [3.8, 4) is 23.0 Å². The van der Waals surface area contributed by atoms with Crippen LogP contribution in [0.2, 0.25) is 5.02 Å². The van der Waals surface area contributed by atoms with E-state index < -0.39 is 0 Å². The Balaban J connectivity index is 1.40. The molecular weight excluding hydrogens is 484 g/mol. The van der Waals surface area contributed by atoms with Crippen LogP contribution in [0.1, 0.15) is 23.2 Å². The average molecular weight is 511 g/mol. The second-order valence-electron chi connectivity index (χ2n) is 8.08. The summed E-state index contributed by atoms with van der Waals surface area (Å²) in [7, 11) is 3.05. The van der Waals surface area contributed by atoms with Crippen LogP contribution in [0.25, 0.3) is 0 Å². The molecule has 2 amide bonds. The summed E-state index contributed by atoms with van der Waals surface area (Å²) >= 11 is 5.89. The second-order valence-corrected chi connectivity index (χ2v) is 8.52. The number of unbranched alkanes of at least 4 members (excludes halogenated alkanes) is 1. The van der Waals surface area contributed by atoms with E-state index in [4.69, 9.17) is 30.5 Å². The molecule has 1 heterocycles. The van der Waals surface area contributed by atoms with Gasteiger partial charge in [-0.25, -0.2) is 0 Å². The molecule has 3 aromatic rings. The number of fused-ring (bicyclic) bond motifs is 1. The van der Waals surface area contributed by atoms with Crippen LogP contribution in [0.5, 0.6) is 23.0 Å². The van der Waals surface area contributed by atoms with E-state index in [1.807, 2.05) is 12.1 Å². The molecule has 0 bridgehead atoms. The van der Waals surface area contributed by atoms with Gasteiger partial charge in [-0.05, 0) is 67.4 Å². The van der Waals surface area contributed by atoms with E-state index in [9.17, 15) is 9.59 Å². The second kappa shape index (κ2) is 11.7. The lowest BCUT2D eigenvalue weighted by atomic mass is 10.1. The van der Waals surface area contributed by atoms with Crippen LogP contribution in [0, 0.1) is 0 Å². The Morgan fingerprint density at radius 1 is 0.972 bits per heavy atom. The van der Waals surface area contributed by atoms with E-state index in [1.54, 1.807) is 53.4 Å². The number of hydrogen-bond donors (Lipinski definition) is 1. The first-order valence-corrected chi connectivity index (χ1v) is 11.8. The van der Waals surface area contributed by atoms with Gasteiger partial charge < -0.3 is 29.2 Å². The first-order valence-electron chi connectivity index (χ1n) is 11.5. The number of rotatable bonds is 10. The Hall–Kier alpha value is -3.91. The van der Waals surface area contributed by atoms with Gasteiger partial charge in [0.2, 0.25) is 0 Å². The van der Waals surface area contributed by atoms with Gasteiger partial charge in [0.25, 0.3) is 11.8 Å². The molecule has 0 radical (unpaired) electrons. The number of ether oxygens (including phenoxy) is 4. The van der Waals surface area contributed by atoms with E-state index in [2.05, 4.69) is 5.32 Å². The number of nitrogens with zero attached hydrogens (tertiary/aromatic N) is 1. The molecule has 0 spiro atoms. The topological polar surface area (TPSA) is 86.3 Å². The lowest BCUT2D eigenvalue weighted by Gasteiger charge is -2.30.